The van der Waals surface area contributed by atoms with Crippen LogP contribution in [0.3, 0.4) is 0 Å². The van der Waals surface area contributed by atoms with Crippen molar-refractivity contribution in [1.82, 2.24) is 14.5 Å². The Balaban J connectivity index is 2.05. The van der Waals surface area contributed by atoms with Gasteiger partial charge in [0.1, 0.15) is 22.7 Å². The summed E-state index contributed by atoms with van der Waals surface area (Å²) in [6.07, 6.45) is 1.81. The number of rotatable bonds is 5. The molecular weight excluding hydrogens is 329 g/mol. The van der Waals surface area contributed by atoms with Crippen LogP contribution in [0.2, 0.25) is 0 Å². The Kier molecular flexibility index (Phi) is 4.26. The minimum Gasteiger partial charge on any atom is -0.382 e. The van der Waals surface area contributed by atoms with Gasteiger partial charge >= 0.3 is 0 Å². The van der Waals surface area contributed by atoms with Gasteiger partial charge in [0.05, 0.1) is 5.52 Å². The Labute approximate surface area is 150 Å². The van der Waals surface area contributed by atoms with Crippen molar-refractivity contribution in [3.05, 3.63) is 54.3 Å². The average Bonchev–Trinajstić information content (AvgIpc) is 3.04. The van der Waals surface area contributed by atoms with Gasteiger partial charge in [0.2, 0.25) is 0 Å². The van der Waals surface area contributed by atoms with Gasteiger partial charge in [0.25, 0.3) is 0 Å². The monoisotopic (exact) mass is 349 g/mol. The zero-order valence-corrected chi connectivity index (χ0v) is 14.3. The molecule has 0 amide bonds. The fraction of sp³-hybridized carbons (Fsp3) is 0.200. The maximum Gasteiger partial charge on any atom is 0.152 e. The number of aromatic nitrogens is 3. The zero-order valence-electron chi connectivity index (χ0n) is 14.3. The average molecular weight is 349 g/mol. The first-order chi connectivity index (χ1) is 12.7. The molecule has 4 aromatic rings. The number of para-hydroxylation sites is 1. The molecule has 0 saturated carbocycles. The van der Waals surface area contributed by atoms with E-state index in [0.717, 1.165) is 41.7 Å². The molecule has 0 aliphatic carbocycles. The number of fused-ring (bicyclic) bond motifs is 3. The summed E-state index contributed by atoms with van der Waals surface area (Å²) in [7, 11) is 0. The molecule has 0 radical (unpaired) electrons. The van der Waals surface area contributed by atoms with Crippen molar-refractivity contribution in [2.24, 2.45) is 5.73 Å². The molecule has 4 N–H and O–H groups in total. The molecular formula is C20H20FN5. The predicted molar refractivity (Wildman–Crippen MR) is 103 cm³/mol. The number of nitrogen functional groups attached to an aromatic ring is 1. The van der Waals surface area contributed by atoms with Crippen LogP contribution in [0.4, 0.5) is 10.2 Å². The lowest BCUT2D eigenvalue weighted by atomic mass is 10.1. The normalized spacial score (nSPS) is 11.5. The maximum absolute atomic E-state index is 14.3. The molecule has 6 heteroatoms. The van der Waals surface area contributed by atoms with E-state index >= 15 is 0 Å². The van der Waals surface area contributed by atoms with E-state index in [0.29, 0.717) is 12.1 Å². The summed E-state index contributed by atoms with van der Waals surface area (Å²) in [5, 5.41) is 0.719. The molecule has 0 aliphatic rings. The molecule has 132 valence electrons. The van der Waals surface area contributed by atoms with Gasteiger partial charge in [-0.3, -0.25) is 0 Å². The Morgan fingerprint density at radius 2 is 1.73 bits per heavy atom. The molecule has 0 saturated heterocycles. The summed E-state index contributed by atoms with van der Waals surface area (Å²) in [4.78, 5) is 9.02. The summed E-state index contributed by atoms with van der Waals surface area (Å²) in [5.41, 5.74) is 14.5. The molecule has 2 heterocycles. The number of hydrogen-bond acceptors (Lipinski definition) is 4. The number of unbranched alkanes of at least 4 members (excludes halogenated alkanes) is 1. The van der Waals surface area contributed by atoms with Crippen LogP contribution >= 0.6 is 0 Å². The smallest absolute Gasteiger partial charge is 0.152 e. The van der Waals surface area contributed by atoms with Crippen LogP contribution in [0.5, 0.6) is 0 Å². The second-order valence-electron chi connectivity index (χ2n) is 6.28. The highest BCUT2D eigenvalue weighted by molar-refractivity contribution is 6.07. The van der Waals surface area contributed by atoms with Crippen LogP contribution in [-0.2, 0) is 6.54 Å². The number of benzene rings is 2. The Hall–Kier alpha value is -2.99. The van der Waals surface area contributed by atoms with Crippen molar-refractivity contribution in [3.8, 4) is 11.4 Å². The van der Waals surface area contributed by atoms with Gasteiger partial charge in [0.15, 0.2) is 5.82 Å². The first-order valence-electron chi connectivity index (χ1n) is 8.70. The maximum atomic E-state index is 14.3. The summed E-state index contributed by atoms with van der Waals surface area (Å²) in [6.45, 7) is 1.36. The lowest BCUT2D eigenvalue weighted by molar-refractivity contribution is 0.631. The van der Waals surface area contributed by atoms with E-state index in [1.54, 1.807) is 6.07 Å². The van der Waals surface area contributed by atoms with Crippen LogP contribution in [0.15, 0.2) is 48.5 Å². The molecule has 0 atom stereocenters. The van der Waals surface area contributed by atoms with Crippen molar-refractivity contribution < 1.29 is 4.39 Å². The lowest BCUT2D eigenvalue weighted by Gasteiger charge is -2.11. The standard InChI is InChI=1S/C20H20FN5/c21-15-10-6-9-14-16(15)24-19(23)17-18(14)26(12-5-4-11-22)20(25-17)13-7-2-1-3-8-13/h1-3,6-10H,4-5,11-12,22H2,(H2,23,24). The highest BCUT2D eigenvalue weighted by Gasteiger charge is 2.19. The zero-order chi connectivity index (χ0) is 18.1. The molecule has 0 bridgehead atoms. The van der Waals surface area contributed by atoms with Crippen molar-refractivity contribution >= 4 is 27.8 Å². The first-order valence-corrected chi connectivity index (χ1v) is 8.70. The van der Waals surface area contributed by atoms with Gasteiger partial charge in [0, 0.05) is 17.5 Å². The van der Waals surface area contributed by atoms with E-state index in [9.17, 15) is 4.39 Å². The molecule has 26 heavy (non-hydrogen) atoms. The van der Waals surface area contributed by atoms with E-state index in [1.807, 2.05) is 36.4 Å². The number of hydrogen-bond donors (Lipinski definition) is 2. The molecule has 0 unspecified atom stereocenters. The highest BCUT2D eigenvalue weighted by atomic mass is 19.1. The third kappa shape index (κ3) is 2.68. The molecule has 2 aromatic heterocycles. The second-order valence-corrected chi connectivity index (χ2v) is 6.28. The third-order valence-electron chi connectivity index (χ3n) is 4.55. The fourth-order valence-electron chi connectivity index (χ4n) is 3.34. The second kappa shape index (κ2) is 6.72. The van der Waals surface area contributed by atoms with Gasteiger partial charge in [-0.05, 0) is 25.5 Å². The fourth-order valence-corrected chi connectivity index (χ4v) is 3.34. The van der Waals surface area contributed by atoms with Crippen LogP contribution in [0.25, 0.3) is 33.3 Å². The van der Waals surface area contributed by atoms with Crippen molar-refractivity contribution in [2.45, 2.75) is 19.4 Å². The number of nitrogens with zero attached hydrogens (tertiary/aromatic N) is 3. The lowest BCUT2D eigenvalue weighted by Crippen LogP contribution is -2.05. The molecule has 2 aromatic carbocycles. The summed E-state index contributed by atoms with van der Waals surface area (Å²) >= 11 is 0. The van der Waals surface area contributed by atoms with Gasteiger partial charge in [-0.1, -0.05) is 42.5 Å². The van der Waals surface area contributed by atoms with E-state index in [1.165, 1.54) is 6.07 Å². The Bertz CT molecular complexity index is 1070. The largest absolute Gasteiger partial charge is 0.382 e. The molecule has 4 rings (SSSR count). The van der Waals surface area contributed by atoms with E-state index in [2.05, 4.69) is 9.55 Å². The van der Waals surface area contributed by atoms with Gasteiger partial charge < -0.3 is 16.0 Å². The highest BCUT2D eigenvalue weighted by Crippen LogP contribution is 2.33. The third-order valence-corrected chi connectivity index (χ3v) is 4.55. The molecule has 0 fully saturated rings. The quantitative estimate of drug-likeness (QED) is 0.538. The van der Waals surface area contributed by atoms with Crippen molar-refractivity contribution in [3.63, 3.8) is 0 Å². The van der Waals surface area contributed by atoms with Gasteiger partial charge in [-0.25, -0.2) is 14.4 Å². The van der Waals surface area contributed by atoms with E-state index < -0.39 is 0 Å². The number of halogens is 1. The number of pyridine rings is 1. The summed E-state index contributed by atoms with van der Waals surface area (Å²) < 4.78 is 16.4. The van der Waals surface area contributed by atoms with Crippen LogP contribution in [0.1, 0.15) is 12.8 Å². The van der Waals surface area contributed by atoms with Gasteiger partial charge in [-0.2, -0.15) is 0 Å². The van der Waals surface area contributed by atoms with E-state index in [-0.39, 0.29) is 17.2 Å². The minimum atomic E-state index is -0.382. The first kappa shape index (κ1) is 16.5. The Morgan fingerprint density at radius 1 is 0.923 bits per heavy atom. The molecule has 0 aliphatic heterocycles. The SMILES string of the molecule is NCCCCn1c(-c2ccccc2)nc2c(N)nc3c(F)cccc3c21. The number of aryl methyl sites for hydroxylation is 1. The minimum absolute atomic E-state index is 0.243. The summed E-state index contributed by atoms with van der Waals surface area (Å²) in [5.74, 6) is 0.669. The number of imidazole rings is 1. The van der Waals surface area contributed by atoms with Crippen LogP contribution in [0, 0.1) is 5.82 Å². The molecule has 0 spiro atoms. The topological polar surface area (TPSA) is 82.8 Å². The van der Waals surface area contributed by atoms with Crippen molar-refractivity contribution in [2.75, 3.05) is 12.3 Å². The Morgan fingerprint density at radius 3 is 2.50 bits per heavy atom. The van der Waals surface area contributed by atoms with Crippen molar-refractivity contribution in [1.29, 1.82) is 0 Å². The van der Waals surface area contributed by atoms with Gasteiger partial charge in [-0.15, -0.1) is 0 Å². The van der Waals surface area contributed by atoms with Crippen LogP contribution in [-0.4, -0.2) is 21.1 Å². The summed E-state index contributed by atoms with van der Waals surface area (Å²) in [6, 6.07) is 14.9. The van der Waals surface area contributed by atoms with Crippen LogP contribution < -0.4 is 11.5 Å². The predicted octanol–water partition coefficient (Wildman–Crippen LogP) is 3.71. The molecule has 5 nitrogen and oxygen atoms in total. The number of anilines is 1. The number of nitrogens with two attached hydrogens (primary N) is 2. The van der Waals surface area contributed by atoms with E-state index in [4.69, 9.17) is 16.5 Å².